The lowest BCUT2D eigenvalue weighted by Gasteiger charge is -2.15. The van der Waals surface area contributed by atoms with E-state index in [9.17, 15) is 14.4 Å². The molecule has 0 atom stereocenters. The molecule has 0 aliphatic carbocycles. The molecule has 0 spiro atoms. The molecule has 0 unspecified atom stereocenters. The van der Waals surface area contributed by atoms with Crippen LogP contribution >= 0.6 is 11.6 Å². The first-order valence-electron chi connectivity index (χ1n) is 7.60. The minimum Gasteiger partial charge on any atom is -0.468 e. The van der Waals surface area contributed by atoms with Crippen molar-refractivity contribution in [3.8, 4) is 0 Å². The van der Waals surface area contributed by atoms with Crippen molar-refractivity contribution in [2.75, 3.05) is 14.2 Å². The lowest BCUT2D eigenvalue weighted by atomic mass is 10.1. The van der Waals surface area contributed by atoms with Crippen molar-refractivity contribution in [1.82, 2.24) is 4.57 Å². The Kier molecular flexibility index (Phi) is 6.36. The summed E-state index contributed by atoms with van der Waals surface area (Å²) in [5, 5.41) is 0.341. The lowest BCUT2D eigenvalue weighted by Crippen LogP contribution is -2.28. The molecule has 0 amide bonds. The average molecular weight is 364 g/mol. The van der Waals surface area contributed by atoms with Crippen molar-refractivity contribution in [3.05, 3.63) is 58.9 Å². The monoisotopic (exact) mass is 363 g/mol. The zero-order valence-electron chi connectivity index (χ0n) is 13.9. The number of carbonyl (C=O) groups excluding carboxylic acids is 3. The normalized spacial score (nSPS) is 10.6. The van der Waals surface area contributed by atoms with Crippen LogP contribution in [0.3, 0.4) is 0 Å². The zero-order chi connectivity index (χ0) is 18.4. The Morgan fingerprint density at radius 1 is 1.00 bits per heavy atom. The third kappa shape index (κ3) is 4.28. The molecule has 6 nitrogen and oxygen atoms in total. The fourth-order valence-corrected chi connectivity index (χ4v) is 2.72. The predicted molar refractivity (Wildman–Crippen MR) is 91.5 cm³/mol. The second-order valence-corrected chi connectivity index (χ2v) is 5.66. The summed E-state index contributed by atoms with van der Waals surface area (Å²) in [7, 11) is 2.40. The van der Waals surface area contributed by atoms with Crippen LogP contribution in [0.1, 0.15) is 22.5 Å². The van der Waals surface area contributed by atoms with Gasteiger partial charge in [-0.1, -0.05) is 41.9 Å². The Morgan fingerprint density at radius 3 is 2.16 bits per heavy atom. The Labute approximate surface area is 150 Å². The van der Waals surface area contributed by atoms with Crippen molar-refractivity contribution < 1.29 is 23.9 Å². The maximum absolute atomic E-state index is 12.6. The molecule has 0 aliphatic rings. The summed E-state index contributed by atoms with van der Waals surface area (Å²) >= 11 is 6.17. The Balaban J connectivity index is 2.23. The molecule has 1 heterocycles. The Bertz CT molecular complexity index is 753. The number of methoxy groups -OCH3 is 2. The number of hydrogen-bond acceptors (Lipinski definition) is 5. The third-order valence-electron chi connectivity index (χ3n) is 3.81. The molecular formula is C18H18ClNO5. The second-order valence-electron chi connectivity index (χ2n) is 5.28. The number of benzene rings is 1. The number of ketones is 1. The molecule has 0 saturated heterocycles. The van der Waals surface area contributed by atoms with Gasteiger partial charge in [0.2, 0.25) is 5.78 Å². The number of nitrogens with zero attached hydrogens (tertiary/aromatic N) is 1. The molecule has 0 bridgehead atoms. The van der Waals surface area contributed by atoms with Gasteiger partial charge in [0.05, 0.1) is 19.9 Å². The molecule has 2 aromatic rings. The summed E-state index contributed by atoms with van der Waals surface area (Å²) in [4.78, 5) is 36.2. The van der Waals surface area contributed by atoms with Crippen molar-refractivity contribution in [3.63, 3.8) is 0 Å². The van der Waals surface area contributed by atoms with Gasteiger partial charge in [0, 0.05) is 12.1 Å². The van der Waals surface area contributed by atoms with E-state index in [4.69, 9.17) is 11.6 Å². The number of esters is 2. The highest BCUT2D eigenvalue weighted by Gasteiger charge is 2.29. The van der Waals surface area contributed by atoms with E-state index in [2.05, 4.69) is 9.47 Å². The van der Waals surface area contributed by atoms with Crippen LogP contribution in [0.4, 0.5) is 0 Å². The van der Waals surface area contributed by atoms with Gasteiger partial charge < -0.3 is 14.0 Å². The maximum Gasteiger partial charge on any atom is 0.320 e. The van der Waals surface area contributed by atoms with Gasteiger partial charge in [0.25, 0.3) is 0 Å². The molecule has 132 valence electrons. The van der Waals surface area contributed by atoms with Crippen LogP contribution in [0.5, 0.6) is 0 Å². The number of ether oxygens (including phenoxy) is 2. The molecule has 7 heteroatoms. The van der Waals surface area contributed by atoms with Crippen LogP contribution in [0.25, 0.3) is 0 Å². The number of carbonyl (C=O) groups is 3. The van der Waals surface area contributed by atoms with Gasteiger partial charge >= 0.3 is 11.9 Å². The molecule has 0 fully saturated rings. The lowest BCUT2D eigenvalue weighted by molar-refractivity contribution is -0.159. The van der Waals surface area contributed by atoms with Gasteiger partial charge in [-0.05, 0) is 18.6 Å². The van der Waals surface area contributed by atoms with E-state index in [1.165, 1.54) is 14.2 Å². The number of rotatable bonds is 7. The molecular weight excluding hydrogens is 346 g/mol. The molecule has 25 heavy (non-hydrogen) atoms. The standard InChI is InChI=1S/C18H18ClNO5/c1-24-17(22)13(18(23)25-2)10-11-20-14(8-9-15(20)19)16(21)12-6-4-3-5-7-12/h3-9,13H,10-11H2,1-2H3. The summed E-state index contributed by atoms with van der Waals surface area (Å²) in [5.74, 6) is -2.65. The van der Waals surface area contributed by atoms with E-state index in [0.29, 0.717) is 16.4 Å². The van der Waals surface area contributed by atoms with E-state index in [-0.39, 0.29) is 18.7 Å². The van der Waals surface area contributed by atoms with Crippen LogP contribution < -0.4 is 0 Å². The smallest absolute Gasteiger partial charge is 0.320 e. The first kappa shape index (κ1) is 18.7. The molecule has 2 rings (SSSR count). The molecule has 0 saturated carbocycles. The van der Waals surface area contributed by atoms with Gasteiger partial charge in [0.15, 0.2) is 5.92 Å². The minimum atomic E-state index is -1.08. The predicted octanol–water partition coefficient (Wildman–Crippen LogP) is 2.72. The van der Waals surface area contributed by atoms with E-state index in [1.54, 1.807) is 41.0 Å². The summed E-state index contributed by atoms with van der Waals surface area (Å²) in [6.07, 6.45) is 0.100. The molecule has 0 N–H and O–H groups in total. The van der Waals surface area contributed by atoms with Crippen LogP contribution in [0.15, 0.2) is 42.5 Å². The number of aromatic nitrogens is 1. The van der Waals surface area contributed by atoms with Crippen LogP contribution in [-0.2, 0) is 25.6 Å². The number of halogens is 1. The molecule has 0 aliphatic heterocycles. The summed E-state index contributed by atoms with van der Waals surface area (Å²) < 4.78 is 10.8. The number of hydrogen-bond donors (Lipinski definition) is 0. The highest BCUT2D eigenvalue weighted by atomic mass is 35.5. The second kappa shape index (κ2) is 8.48. The molecule has 0 radical (unpaired) electrons. The minimum absolute atomic E-state index is 0.100. The first-order valence-corrected chi connectivity index (χ1v) is 7.97. The summed E-state index contributed by atoms with van der Waals surface area (Å²) in [6.45, 7) is 0.189. The SMILES string of the molecule is COC(=O)C(CCn1c(Cl)ccc1C(=O)c1ccccc1)C(=O)OC. The molecule has 1 aromatic carbocycles. The van der Waals surface area contributed by atoms with E-state index in [1.807, 2.05) is 6.07 Å². The van der Waals surface area contributed by atoms with E-state index >= 15 is 0 Å². The van der Waals surface area contributed by atoms with Crippen LogP contribution in [-0.4, -0.2) is 36.5 Å². The van der Waals surface area contributed by atoms with Crippen molar-refractivity contribution in [2.24, 2.45) is 5.92 Å². The van der Waals surface area contributed by atoms with Gasteiger partial charge in [-0.3, -0.25) is 14.4 Å². The average Bonchev–Trinajstić information content (AvgIpc) is 3.02. The zero-order valence-corrected chi connectivity index (χ0v) is 14.7. The Morgan fingerprint density at radius 2 is 1.60 bits per heavy atom. The first-order chi connectivity index (χ1) is 12.0. The summed E-state index contributed by atoms with van der Waals surface area (Å²) in [6, 6.07) is 12.0. The van der Waals surface area contributed by atoms with Gasteiger partial charge in [0.1, 0.15) is 5.15 Å². The van der Waals surface area contributed by atoms with Crippen molar-refractivity contribution >= 4 is 29.3 Å². The topological polar surface area (TPSA) is 74.6 Å². The highest BCUT2D eigenvalue weighted by molar-refractivity contribution is 6.30. The maximum atomic E-state index is 12.6. The van der Waals surface area contributed by atoms with Gasteiger partial charge in [-0.2, -0.15) is 0 Å². The van der Waals surface area contributed by atoms with Crippen LogP contribution in [0, 0.1) is 5.92 Å². The van der Waals surface area contributed by atoms with E-state index < -0.39 is 17.9 Å². The van der Waals surface area contributed by atoms with Gasteiger partial charge in [-0.25, -0.2) is 0 Å². The largest absolute Gasteiger partial charge is 0.468 e. The fourth-order valence-electron chi connectivity index (χ4n) is 2.48. The quantitative estimate of drug-likeness (QED) is 0.429. The Hall–Kier alpha value is -2.60. The van der Waals surface area contributed by atoms with Gasteiger partial charge in [-0.15, -0.1) is 0 Å². The van der Waals surface area contributed by atoms with Crippen molar-refractivity contribution in [2.45, 2.75) is 13.0 Å². The van der Waals surface area contributed by atoms with E-state index in [0.717, 1.165) is 0 Å². The summed E-state index contributed by atoms with van der Waals surface area (Å²) in [5.41, 5.74) is 0.903. The van der Waals surface area contributed by atoms with Crippen molar-refractivity contribution in [1.29, 1.82) is 0 Å². The third-order valence-corrected chi connectivity index (χ3v) is 4.14. The van der Waals surface area contributed by atoms with Crippen LogP contribution in [0.2, 0.25) is 5.15 Å². The highest BCUT2D eigenvalue weighted by Crippen LogP contribution is 2.21. The fraction of sp³-hybridized carbons (Fsp3) is 0.278. The molecule has 1 aromatic heterocycles.